The number of carboxylic acids is 1. The minimum atomic E-state index is -3.82. The highest BCUT2D eigenvalue weighted by molar-refractivity contribution is 7.94. The van der Waals surface area contributed by atoms with Crippen LogP contribution in [0.15, 0.2) is 39.9 Å². The van der Waals surface area contributed by atoms with Gasteiger partial charge in [0.1, 0.15) is 4.21 Å². The second-order valence-electron chi connectivity index (χ2n) is 3.75. The normalized spacial score (nSPS) is 10.8. The average Bonchev–Trinajstić information content (AvgIpc) is 2.90. The van der Waals surface area contributed by atoms with Gasteiger partial charge in [-0.2, -0.15) is 5.26 Å². The van der Waals surface area contributed by atoms with Crippen LogP contribution < -0.4 is 4.72 Å². The Kier molecular flexibility index (Phi) is 3.74. The van der Waals surface area contributed by atoms with E-state index in [0.717, 1.165) is 17.4 Å². The minimum Gasteiger partial charge on any atom is -0.478 e. The molecule has 0 aliphatic rings. The van der Waals surface area contributed by atoms with Crippen LogP contribution in [0.2, 0.25) is 0 Å². The van der Waals surface area contributed by atoms with E-state index in [1.54, 1.807) is 0 Å². The van der Waals surface area contributed by atoms with Crippen LogP contribution in [0.3, 0.4) is 0 Å². The third-order valence-electron chi connectivity index (χ3n) is 2.35. The number of anilines is 1. The van der Waals surface area contributed by atoms with Crippen molar-refractivity contribution in [3.8, 4) is 6.07 Å². The monoisotopic (exact) mass is 308 g/mol. The van der Waals surface area contributed by atoms with Crippen LogP contribution in [-0.4, -0.2) is 19.5 Å². The molecule has 2 aromatic rings. The SMILES string of the molecule is N#Cc1ccc(NS(=O)(=O)c2cc(C(=O)O)cs2)cc1. The second kappa shape index (κ2) is 5.32. The Hall–Kier alpha value is -2.37. The number of hydrogen-bond donors (Lipinski definition) is 2. The van der Waals surface area contributed by atoms with Crippen molar-refractivity contribution in [1.82, 2.24) is 0 Å². The molecule has 0 aliphatic carbocycles. The molecular formula is C12H8N2O4S2. The summed E-state index contributed by atoms with van der Waals surface area (Å²) in [4.78, 5) is 10.7. The number of carboxylic acid groups (broad SMARTS) is 1. The molecule has 0 unspecified atom stereocenters. The van der Waals surface area contributed by atoms with Gasteiger partial charge in [0.05, 0.1) is 17.2 Å². The van der Waals surface area contributed by atoms with Gasteiger partial charge in [-0.25, -0.2) is 13.2 Å². The van der Waals surface area contributed by atoms with Crippen LogP contribution in [0.1, 0.15) is 15.9 Å². The highest BCUT2D eigenvalue weighted by Gasteiger charge is 2.18. The van der Waals surface area contributed by atoms with Crippen LogP contribution >= 0.6 is 11.3 Å². The number of thiophene rings is 1. The first kappa shape index (κ1) is 14.0. The van der Waals surface area contributed by atoms with E-state index in [1.807, 2.05) is 6.07 Å². The fourth-order valence-corrected chi connectivity index (χ4v) is 3.60. The molecule has 0 saturated carbocycles. The third-order valence-corrected chi connectivity index (χ3v) is 5.17. The first-order chi connectivity index (χ1) is 9.42. The van der Waals surface area contributed by atoms with Gasteiger partial charge in [0, 0.05) is 11.1 Å². The van der Waals surface area contributed by atoms with Gasteiger partial charge in [-0.3, -0.25) is 4.72 Å². The minimum absolute atomic E-state index is 0.0739. The molecule has 0 amide bonds. The quantitative estimate of drug-likeness (QED) is 0.899. The van der Waals surface area contributed by atoms with E-state index in [9.17, 15) is 13.2 Å². The van der Waals surface area contributed by atoms with Gasteiger partial charge in [0.15, 0.2) is 0 Å². The molecule has 2 N–H and O–H groups in total. The van der Waals surface area contributed by atoms with Crippen molar-refractivity contribution in [3.63, 3.8) is 0 Å². The summed E-state index contributed by atoms with van der Waals surface area (Å²) in [7, 11) is -3.82. The Morgan fingerprint density at radius 1 is 1.30 bits per heavy atom. The summed E-state index contributed by atoms with van der Waals surface area (Å²) in [5.41, 5.74) is 0.640. The van der Waals surface area contributed by atoms with E-state index < -0.39 is 16.0 Å². The van der Waals surface area contributed by atoms with Crippen molar-refractivity contribution in [2.45, 2.75) is 4.21 Å². The first-order valence-electron chi connectivity index (χ1n) is 5.27. The van der Waals surface area contributed by atoms with Gasteiger partial charge in [-0.1, -0.05) is 0 Å². The third kappa shape index (κ3) is 2.96. The zero-order valence-corrected chi connectivity index (χ0v) is 11.5. The number of hydrogen-bond acceptors (Lipinski definition) is 5. The lowest BCUT2D eigenvalue weighted by Crippen LogP contribution is -2.11. The predicted octanol–water partition coefficient (Wildman–Crippen LogP) is 2.12. The summed E-state index contributed by atoms with van der Waals surface area (Å²) in [5.74, 6) is -1.18. The molecule has 0 spiro atoms. The zero-order valence-electron chi connectivity index (χ0n) is 9.90. The van der Waals surface area contributed by atoms with Crippen LogP contribution in [-0.2, 0) is 10.0 Å². The topological polar surface area (TPSA) is 107 Å². The van der Waals surface area contributed by atoms with E-state index in [1.165, 1.54) is 29.6 Å². The molecule has 0 aliphatic heterocycles. The van der Waals surface area contributed by atoms with Gasteiger partial charge in [0.2, 0.25) is 0 Å². The maximum Gasteiger partial charge on any atom is 0.336 e. The summed E-state index contributed by atoms with van der Waals surface area (Å²) < 4.78 is 26.3. The van der Waals surface area contributed by atoms with Gasteiger partial charge in [-0.05, 0) is 30.3 Å². The van der Waals surface area contributed by atoms with Crippen molar-refractivity contribution < 1.29 is 18.3 Å². The smallest absolute Gasteiger partial charge is 0.336 e. The number of rotatable bonds is 4. The number of carbonyl (C=O) groups is 1. The van der Waals surface area contributed by atoms with Gasteiger partial charge in [-0.15, -0.1) is 11.3 Å². The largest absolute Gasteiger partial charge is 0.478 e. The molecule has 6 nitrogen and oxygen atoms in total. The molecule has 0 saturated heterocycles. The molecule has 20 heavy (non-hydrogen) atoms. The Bertz CT molecular complexity index is 786. The molecule has 0 bridgehead atoms. The summed E-state index contributed by atoms with van der Waals surface area (Å²) >= 11 is 0.828. The van der Waals surface area contributed by atoms with E-state index >= 15 is 0 Å². The number of aromatic carboxylic acids is 1. The lowest BCUT2D eigenvalue weighted by atomic mass is 10.2. The molecule has 0 fully saturated rings. The summed E-state index contributed by atoms with van der Waals surface area (Å²) in [6.45, 7) is 0. The lowest BCUT2D eigenvalue weighted by molar-refractivity contribution is 0.0697. The summed E-state index contributed by atoms with van der Waals surface area (Å²) in [5, 5.41) is 18.7. The first-order valence-corrected chi connectivity index (χ1v) is 7.63. The zero-order chi connectivity index (χ0) is 14.8. The fourth-order valence-electron chi connectivity index (χ4n) is 1.39. The Balaban J connectivity index is 2.25. The van der Waals surface area contributed by atoms with Crippen LogP contribution in [0, 0.1) is 11.3 Å². The highest BCUT2D eigenvalue weighted by Crippen LogP contribution is 2.23. The van der Waals surface area contributed by atoms with Gasteiger partial charge >= 0.3 is 5.97 Å². The standard InChI is InChI=1S/C12H8N2O4S2/c13-6-8-1-3-10(4-2-8)14-20(17,18)11-5-9(7-19-11)12(15)16/h1-5,7,14H,(H,15,16). The molecule has 1 heterocycles. The molecular weight excluding hydrogens is 300 g/mol. The molecule has 0 radical (unpaired) electrons. The van der Waals surface area contributed by atoms with E-state index in [4.69, 9.17) is 10.4 Å². The molecule has 2 rings (SSSR count). The number of benzene rings is 1. The van der Waals surface area contributed by atoms with E-state index in [2.05, 4.69) is 4.72 Å². The lowest BCUT2D eigenvalue weighted by Gasteiger charge is -2.05. The van der Waals surface area contributed by atoms with Crippen molar-refractivity contribution >= 4 is 33.0 Å². The fraction of sp³-hybridized carbons (Fsp3) is 0. The van der Waals surface area contributed by atoms with Crippen molar-refractivity contribution in [2.24, 2.45) is 0 Å². The summed E-state index contributed by atoms with van der Waals surface area (Å²) in [6.07, 6.45) is 0. The Morgan fingerprint density at radius 3 is 2.45 bits per heavy atom. The Morgan fingerprint density at radius 2 is 1.95 bits per heavy atom. The average molecular weight is 308 g/mol. The number of nitrogens with zero attached hydrogens (tertiary/aromatic N) is 1. The summed E-state index contributed by atoms with van der Waals surface area (Å²) in [6, 6.07) is 8.90. The molecule has 8 heteroatoms. The van der Waals surface area contributed by atoms with Crippen molar-refractivity contribution in [1.29, 1.82) is 5.26 Å². The Labute approximate surface area is 119 Å². The maximum atomic E-state index is 12.0. The predicted molar refractivity (Wildman–Crippen MR) is 73.2 cm³/mol. The molecule has 102 valence electrons. The second-order valence-corrected chi connectivity index (χ2v) is 6.57. The van der Waals surface area contributed by atoms with E-state index in [-0.39, 0.29) is 9.77 Å². The molecule has 1 aromatic heterocycles. The van der Waals surface area contributed by atoms with Gasteiger partial charge < -0.3 is 5.11 Å². The van der Waals surface area contributed by atoms with Crippen molar-refractivity contribution in [2.75, 3.05) is 4.72 Å². The number of nitrogens with one attached hydrogen (secondary N) is 1. The van der Waals surface area contributed by atoms with E-state index in [0.29, 0.717) is 11.3 Å². The highest BCUT2D eigenvalue weighted by atomic mass is 32.2. The van der Waals surface area contributed by atoms with Gasteiger partial charge in [0.25, 0.3) is 10.0 Å². The number of sulfonamides is 1. The maximum absolute atomic E-state index is 12.0. The van der Waals surface area contributed by atoms with Crippen molar-refractivity contribution in [3.05, 3.63) is 46.8 Å². The van der Waals surface area contributed by atoms with Crippen LogP contribution in [0.4, 0.5) is 5.69 Å². The molecule has 0 atom stereocenters. The number of nitriles is 1. The molecule has 1 aromatic carbocycles. The van der Waals surface area contributed by atoms with Crippen LogP contribution in [0.5, 0.6) is 0 Å². The van der Waals surface area contributed by atoms with Crippen LogP contribution in [0.25, 0.3) is 0 Å².